The van der Waals surface area contributed by atoms with E-state index in [1.165, 1.54) is 0 Å². The topological polar surface area (TPSA) is 151 Å². The molecule has 3 atom stereocenters. The molecule has 0 aliphatic carbocycles. The van der Waals surface area contributed by atoms with Crippen LogP contribution in [0.4, 0.5) is 0 Å². The van der Waals surface area contributed by atoms with Gasteiger partial charge in [0.15, 0.2) is 0 Å². The fraction of sp³-hybridized carbons (Fsp3) is 0.474. The molecule has 0 unspecified atom stereocenters. The van der Waals surface area contributed by atoms with Gasteiger partial charge >= 0.3 is 5.97 Å². The van der Waals surface area contributed by atoms with Gasteiger partial charge in [0, 0.05) is 6.42 Å². The van der Waals surface area contributed by atoms with Crippen LogP contribution in [0.1, 0.15) is 25.8 Å². The average molecular weight is 392 g/mol. The van der Waals surface area contributed by atoms with E-state index in [9.17, 15) is 24.3 Å². The zero-order valence-electron chi connectivity index (χ0n) is 16.1. The summed E-state index contributed by atoms with van der Waals surface area (Å²) in [6.45, 7) is 3.06. The number of aliphatic carboxylic acids is 1. The number of benzene rings is 1. The van der Waals surface area contributed by atoms with Gasteiger partial charge in [-0.15, -0.1) is 0 Å². The number of nitrogens with one attached hydrogen (secondary N) is 3. The maximum Gasteiger partial charge on any atom is 0.326 e. The van der Waals surface area contributed by atoms with Crippen LogP contribution in [0.15, 0.2) is 30.3 Å². The van der Waals surface area contributed by atoms with E-state index in [1.54, 1.807) is 31.2 Å². The van der Waals surface area contributed by atoms with Crippen LogP contribution in [0, 0.1) is 5.92 Å². The minimum absolute atomic E-state index is 0.121. The second-order valence-corrected chi connectivity index (χ2v) is 6.50. The molecule has 9 nitrogen and oxygen atoms in total. The average Bonchev–Trinajstić information content (AvgIpc) is 2.69. The Morgan fingerprint density at radius 2 is 1.71 bits per heavy atom. The Morgan fingerprint density at radius 3 is 2.25 bits per heavy atom. The van der Waals surface area contributed by atoms with Gasteiger partial charge in [0.25, 0.3) is 0 Å². The highest BCUT2D eigenvalue weighted by Gasteiger charge is 2.29. The molecular weight excluding hydrogens is 364 g/mol. The fourth-order valence-electron chi connectivity index (χ4n) is 2.49. The first kappa shape index (κ1) is 23.1. The molecule has 1 rings (SSSR count). The number of amides is 3. The van der Waals surface area contributed by atoms with Gasteiger partial charge in [-0.05, 0) is 11.5 Å². The van der Waals surface area contributed by atoms with Crippen LogP contribution in [-0.4, -0.2) is 54.0 Å². The number of carbonyl (C=O) groups excluding carboxylic acids is 3. The third-order valence-electron chi connectivity index (χ3n) is 4.34. The Labute approximate surface area is 164 Å². The summed E-state index contributed by atoms with van der Waals surface area (Å²) < 4.78 is 0. The van der Waals surface area contributed by atoms with Crippen molar-refractivity contribution in [3.8, 4) is 0 Å². The minimum atomic E-state index is -1.17. The maximum atomic E-state index is 12.7. The highest BCUT2D eigenvalue weighted by molar-refractivity contribution is 5.92. The van der Waals surface area contributed by atoms with Crippen LogP contribution in [0.5, 0.6) is 0 Å². The molecule has 6 N–H and O–H groups in total. The fourth-order valence-corrected chi connectivity index (χ4v) is 2.49. The summed E-state index contributed by atoms with van der Waals surface area (Å²) in [4.78, 5) is 47.5. The van der Waals surface area contributed by atoms with Gasteiger partial charge in [-0.3, -0.25) is 14.4 Å². The standard InChI is InChI=1S/C19H28N4O5/c1-3-12(2)17(23-16(25)11-21-15(24)10-20)18(26)22-14(19(27)28)9-13-7-5-4-6-8-13/h4-8,12,14,17H,3,9-11,20H2,1-2H3,(H,21,24)(H,22,26)(H,23,25)(H,27,28)/t12-,14-,17-/m0/s1. The van der Waals surface area contributed by atoms with Crippen molar-refractivity contribution in [2.45, 2.75) is 38.8 Å². The summed E-state index contributed by atoms with van der Waals surface area (Å²) in [5, 5.41) is 16.8. The largest absolute Gasteiger partial charge is 0.480 e. The highest BCUT2D eigenvalue weighted by Crippen LogP contribution is 2.10. The Morgan fingerprint density at radius 1 is 1.07 bits per heavy atom. The van der Waals surface area contributed by atoms with Gasteiger partial charge in [0.1, 0.15) is 12.1 Å². The number of carbonyl (C=O) groups is 4. The van der Waals surface area contributed by atoms with E-state index >= 15 is 0 Å². The maximum absolute atomic E-state index is 12.7. The Hall–Kier alpha value is -2.94. The summed E-state index contributed by atoms with van der Waals surface area (Å²) in [6.07, 6.45) is 0.708. The van der Waals surface area contributed by atoms with Gasteiger partial charge in [-0.25, -0.2) is 4.79 Å². The SMILES string of the molecule is CC[C@H](C)[C@H](NC(=O)CNC(=O)CN)C(=O)N[C@@H](Cc1ccccc1)C(=O)O. The molecule has 0 aliphatic rings. The van der Waals surface area contributed by atoms with Gasteiger partial charge in [0.05, 0.1) is 13.1 Å². The van der Waals surface area contributed by atoms with Crippen molar-refractivity contribution in [1.82, 2.24) is 16.0 Å². The highest BCUT2D eigenvalue weighted by atomic mass is 16.4. The smallest absolute Gasteiger partial charge is 0.326 e. The van der Waals surface area contributed by atoms with Crippen molar-refractivity contribution in [3.63, 3.8) is 0 Å². The first-order chi connectivity index (χ1) is 13.3. The molecule has 1 aromatic carbocycles. The van der Waals surface area contributed by atoms with E-state index in [0.29, 0.717) is 6.42 Å². The summed E-state index contributed by atoms with van der Waals surface area (Å²) >= 11 is 0. The Kier molecular flexibility index (Phi) is 9.66. The van der Waals surface area contributed by atoms with Gasteiger partial charge in [0.2, 0.25) is 17.7 Å². The Bertz CT molecular complexity index is 680. The molecule has 3 amide bonds. The number of rotatable bonds is 11. The molecule has 9 heteroatoms. The van der Waals surface area contributed by atoms with Crippen molar-refractivity contribution in [1.29, 1.82) is 0 Å². The van der Waals surface area contributed by atoms with Gasteiger partial charge in [-0.1, -0.05) is 50.6 Å². The van der Waals surface area contributed by atoms with E-state index < -0.39 is 35.8 Å². The molecule has 0 aromatic heterocycles. The zero-order chi connectivity index (χ0) is 21.1. The molecule has 28 heavy (non-hydrogen) atoms. The lowest BCUT2D eigenvalue weighted by molar-refractivity contribution is -0.142. The normalized spacial score (nSPS) is 13.7. The van der Waals surface area contributed by atoms with E-state index in [-0.39, 0.29) is 25.4 Å². The third-order valence-corrected chi connectivity index (χ3v) is 4.34. The molecule has 0 bridgehead atoms. The van der Waals surface area contributed by atoms with E-state index in [4.69, 9.17) is 5.73 Å². The molecule has 154 valence electrons. The summed E-state index contributed by atoms with van der Waals surface area (Å²) in [5.41, 5.74) is 5.93. The first-order valence-electron chi connectivity index (χ1n) is 9.11. The number of nitrogens with two attached hydrogens (primary N) is 1. The third kappa shape index (κ3) is 7.75. The first-order valence-corrected chi connectivity index (χ1v) is 9.11. The molecular formula is C19H28N4O5. The number of hydrogen-bond donors (Lipinski definition) is 5. The molecule has 0 aliphatic heterocycles. The number of carboxylic acid groups (broad SMARTS) is 1. The van der Waals surface area contributed by atoms with Crippen molar-refractivity contribution in [3.05, 3.63) is 35.9 Å². The van der Waals surface area contributed by atoms with Crippen molar-refractivity contribution in [2.75, 3.05) is 13.1 Å². The van der Waals surface area contributed by atoms with Crippen LogP contribution in [0.2, 0.25) is 0 Å². The molecule has 0 heterocycles. The summed E-state index contributed by atoms with van der Waals surface area (Å²) in [5.74, 6) is -3.04. The zero-order valence-corrected chi connectivity index (χ0v) is 16.1. The van der Waals surface area contributed by atoms with E-state index in [2.05, 4.69) is 16.0 Å². The van der Waals surface area contributed by atoms with Crippen LogP contribution >= 0.6 is 0 Å². The lowest BCUT2D eigenvalue weighted by Gasteiger charge is -2.25. The molecule has 0 saturated carbocycles. The lowest BCUT2D eigenvalue weighted by atomic mass is 9.97. The second-order valence-electron chi connectivity index (χ2n) is 6.50. The summed E-state index contributed by atoms with van der Waals surface area (Å²) in [6, 6.07) is 6.88. The number of carboxylic acids is 1. The predicted molar refractivity (Wildman–Crippen MR) is 103 cm³/mol. The molecule has 1 aromatic rings. The summed E-state index contributed by atoms with van der Waals surface area (Å²) in [7, 11) is 0. The van der Waals surface area contributed by atoms with Gasteiger partial charge in [-0.2, -0.15) is 0 Å². The van der Waals surface area contributed by atoms with Crippen molar-refractivity contribution >= 4 is 23.7 Å². The molecule has 0 saturated heterocycles. The van der Waals surface area contributed by atoms with Crippen LogP contribution in [0.3, 0.4) is 0 Å². The van der Waals surface area contributed by atoms with Crippen LogP contribution in [-0.2, 0) is 25.6 Å². The molecule has 0 fully saturated rings. The van der Waals surface area contributed by atoms with Crippen LogP contribution < -0.4 is 21.7 Å². The Balaban J connectivity index is 2.79. The van der Waals surface area contributed by atoms with E-state index in [0.717, 1.165) is 5.56 Å². The van der Waals surface area contributed by atoms with Crippen molar-refractivity contribution in [2.24, 2.45) is 11.7 Å². The lowest BCUT2D eigenvalue weighted by Crippen LogP contribution is -2.55. The van der Waals surface area contributed by atoms with Crippen LogP contribution in [0.25, 0.3) is 0 Å². The number of hydrogen-bond acceptors (Lipinski definition) is 5. The molecule has 0 spiro atoms. The van der Waals surface area contributed by atoms with Crippen molar-refractivity contribution < 1.29 is 24.3 Å². The van der Waals surface area contributed by atoms with E-state index in [1.807, 2.05) is 13.0 Å². The predicted octanol–water partition coefficient (Wildman–Crippen LogP) is -0.596. The quantitative estimate of drug-likeness (QED) is 0.339. The second kappa shape index (κ2) is 11.7. The minimum Gasteiger partial charge on any atom is -0.480 e. The monoisotopic (exact) mass is 392 g/mol. The molecule has 0 radical (unpaired) electrons. The van der Waals surface area contributed by atoms with Gasteiger partial charge < -0.3 is 26.8 Å².